The molecule has 0 spiro atoms. The van der Waals surface area contributed by atoms with Crippen LogP contribution in [0.3, 0.4) is 0 Å². The summed E-state index contributed by atoms with van der Waals surface area (Å²) >= 11 is 5.86. The molecule has 0 amide bonds. The number of aromatic nitrogens is 4. The first kappa shape index (κ1) is 17.7. The van der Waals surface area contributed by atoms with E-state index < -0.39 is 0 Å². The lowest BCUT2D eigenvalue weighted by Gasteiger charge is -2.20. The molecular formula is C19H20ClN5O2. The number of halogens is 1. The Morgan fingerprint density at radius 2 is 1.78 bits per heavy atom. The SMILES string of the molecule is O=C(Cn1nc2c(N3CCCCCC3)nccn2c1=O)c1ccc(Cl)cc1. The van der Waals surface area contributed by atoms with E-state index in [-0.39, 0.29) is 18.0 Å². The standard InChI is InChI=1S/C19H20ClN5O2/c20-15-7-5-14(6-8-15)16(26)13-25-19(27)24-12-9-21-17(18(24)22-25)23-10-3-1-2-4-11-23/h5-9,12H,1-4,10-11,13H2. The molecule has 0 radical (unpaired) electrons. The van der Waals surface area contributed by atoms with Crippen molar-refractivity contribution in [2.75, 3.05) is 18.0 Å². The number of rotatable bonds is 4. The van der Waals surface area contributed by atoms with Gasteiger partial charge in [-0.05, 0) is 37.1 Å². The third kappa shape index (κ3) is 3.60. The molecule has 0 bridgehead atoms. The lowest BCUT2D eigenvalue weighted by atomic mass is 10.1. The zero-order valence-corrected chi connectivity index (χ0v) is 15.6. The van der Waals surface area contributed by atoms with Gasteiger partial charge in [-0.2, -0.15) is 0 Å². The number of hydrogen-bond donors (Lipinski definition) is 0. The van der Waals surface area contributed by atoms with Crippen molar-refractivity contribution in [3.8, 4) is 0 Å². The van der Waals surface area contributed by atoms with Crippen LogP contribution in [0.1, 0.15) is 36.0 Å². The Kier molecular flexibility index (Phi) is 4.94. The van der Waals surface area contributed by atoms with Gasteiger partial charge in [0.2, 0.25) is 5.65 Å². The third-order valence-electron chi connectivity index (χ3n) is 4.85. The van der Waals surface area contributed by atoms with E-state index in [0.717, 1.165) is 25.9 Å². The first-order chi connectivity index (χ1) is 13.1. The Hall–Kier alpha value is -2.67. The summed E-state index contributed by atoms with van der Waals surface area (Å²) in [6.07, 6.45) is 7.81. The molecule has 1 aliphatic rings. The molecule has 140 valence electrons. The number of nitrogens with zero attached hydrogens (tertiary/aromatic N) is 5. The van der Waals surface area contributed by atoms with Crippen molar-refractivity contribution in [3.05, 3.63) is 57.7 Å². The average Bonchev–Trinajstić information content (AvgIpc) is 2.86. The van der Waals surface area contributed by atoms with Crippen LogP contribution in [0.4, 0.5) is 5.82 Å². The first-order valence-corrected chi connectivity index (χ1v) is 9.49. The number of carbonyl (C=O) groups is 1. The van der Waals surface area contributed by atoms with Crippen LogP contribution >= 0.6 is 11.6 Å². The van der Waals surface area contributed by atoms with E-state index in [9.17, 15) is 9.59 Å². The van der Waals surface area contributed by atoms with Gasteiger partial charge in [0.1, 0.15) is 6.54 Å². The van der Waals surface area contributed by atoms with Crippen LogP contribution in [-0.4, -0.2) is 38.0 Å². The maximum atomic E-state index is 12.7. The highest BCUT2D eigenvalue weighted by molar-refractivity contribution is 6.30. The summed E-state index contributed by atoms with van der Waals surface area (Å²) in [6.45, 7) is 1.68. The number of benzene rings is 1. The van der Waals surface area contributed by atoms with E-state index in [4.69, 9.17) is 11.6 Å². The van der Waals surface area contributed by atoms with Crippen LogP contribution in [0.5, 0.6) is 0 Å². The van der Waals surface area contributed by atoms with Gasteiger partial charge in [0.05, 0.1) is 0 Å². The first-order valence-electron chi connectivity index (χ1n) is 9.11. The molecule has 4 rings (SSSR count). The van der Waals surface area contributed by atoms with Crippen molar-refractivity contribution in [1.82, 2.24) is 19.2 Å². The predicted octanol–water partition coefficient (Wildman–Crippen LogP) is 2.81. The molecule has 0 saturated carbocycles. The van der Waals surface area contributed by atoms with Crippen molar-refractivity contribution >= 4 is 28.8 Å². The van der Waals surface area contributed by atoms with Crippen molar-refractivity contribution in [2.24, 2.45) is 0 Å². The monoisotopic (exact) mass is 385 g/mol. The molecule has 0 unspecified atom stereocenters. The Morgan fingerprint density at radius 1 is 1.07 bits per heavy atom. The molecule has 0 atom stereocenters. The molecule has 1 aliphatic heterocycles. The van der Waals surface area contributed by atoms with Gasteiger partial charge in [0.25, 0.3) is 0 Å². The fourth-order valence-electron chi connectivity index (χ4n) is 3.41. The molecule has 1 fully saturated rings. The van der Waals surface area contributed by atoms with E-state index in [0.29, 0.717) is 22.1 Å². The number of anilines is 1. The predicted molar refractivity (Wildman–Crippen MR) is 104 cm³/mol. The van der Waals surface area contributed by atoms with Gasteiger partial charge in [0.15, 0.2) is 11.6 Å². The summed E-state index contributed by atoms with van der Waals surface area (Å²) in [6, 6.07) is 6.61. The highest BCUT2D eigenvalue weighted by atomic mass is 35.5. The summed E-state index contributed by atoms with van der Waals surface area (Å²) < 4.78 is 2.66. The second-order valence-electron chi connectivity index (χ2n) is 6.72. The molecule has 8 heteroatoms. The summed E-state index contributed by atoms with van der Waals surface area (Å²) in [5.41, 5.74) is 0.647. The van der Waals surface area contributed by atoms with Crippen LogP contribution in [0.25, 0.3) is 5.65 Å². The van der Waals surface area contributed by atoms with Gasteiger partial charge >= 0.3 is 5.69 Å². The number of carbonyl (C=O) groups excluding carboxylic acids is 1. The number of Topliss-reactive ketones (excluding diaryl/α,β-unsaturated/α-hetero) is 1. The minimum Gasteiger partial charge on any atom is -0.353 e. The zero-order valence-electron chi connectivity index (χ0n) is 14.8. The van der Waals surface area contributed by atoms with Gasteiger partial charge in [-0.15, -0.1) is 5.10 Å². The molecule has 1 aromatic carbocycles. The number of hydrogen-bond acceptors (Lipinski definition) is 5. The normalized spacial score (nSPS) is 15.1. The minimum absolute atomic E-state index is 0.123. The Bertz CT molecular complexity index is 1020. The summed E-state index contributed by atoms with van der Waals surface area (Å²) in [4.78, 5) is 31.8. The molecule has 1 saturated heterocycles. The Morgan fingerprint density at radius 3 is 2.48 bits per heavy atom. The van der Waals surface area contributed by atoms with Crippen LogP contribution in [0.2, 0.25) is 5.02 Å². The minimum atomic E-state index is -0.342. The molecule has 27 heavy (non-hydrogen) atoms. The maximum Gasteiger partial charge on any atom is 0.350 e. The Labute approximate surface area is 161 Å². The quantitative estimate of drug-likeness (QED) is 0.646. The molecular weight excluding hydrogens is 366 g/mol. The lowest BCUT2D eigenvalue weighted by Crippen LogP contribution is -2.26. The molecule has 0 N–H and O–H groups in total. The third-order valence-corrected chi connectivity index (χ3v) is 5.10. The molecule has 2 aromatic heterocycles. The van der Waals surface area contributed by atoms with Crippen molar-refractivity contribution in [1.29, 1.82) is 0 Å². The van der Waals surface area contributed by atoms with E-state index in [2.05, 4.69) is 15.0 Å². The van der Waals surface area contributed by atoms with Crippen LogP contribution in [0.15, 0.2) is 41.5 Å². The smallest absolute Gasteiger partial charge is 0.350 e. The van der Waals surface area contributed by atoms with Gasteiger partial charge in [-0.1, -0.05) is 24.4 Å². The van der Waals surface area contributed by atoms with Crippen molar-refractivity contribution in [2.45, 2.75) is 32.2 Å². The van der Waals surface area contributed by atoms with Crippen LogP contribution in [0, 0.1) is 0 Å². The van der Waals surface area contributed by atoms with E-state index >= 15 is 0 Å². The molecule has 3 heterocycles. The maximum absolute atomic E-state index is 12.7. The lowest BCUT2D eigenvalue weighted by molar-refractivity contribution is 0.0966. The summed E-state index contributed by atoms with van der Waals surface area (Å²) in [5.74, 6) is 0.510. The van der Waals surface area contributed by atoms with Crippen molar-refractivity contribution in [3.63, 3.8) is 0 Å². The fraction of sp³-hybridized carbons (Fsp3) is 0.368. The van der Waals surface area contributed by atoms with Crippen molar-refractivity contribution < 1.29 is 4.79 Å². The van der Waals surface area contributed by atoms with E-state index in [1.165, 1.54) is 21.9 Å². The van der Waals surface area contributed by atoms with Crippen LogP contribution < -0.4 is 10.6 Å². The highest BCUT2D eigenvalue weighted by Crippen LogP contribution is 2.20. The Balaban J connectivity index is 1.67. The largest absolute Gasteiger partial charge is 0.353 e. The zero-order chi connectivity index (χ0) is 18.8. The second-order valence-corrected chi connectivity index (χ2v) is 7.15. The highest BCUT2D eigenvalue weighted by Gasteiger charge is 2.19. The van der Waals surface area contributed by atoms with Gasteiger partial charge in [-0.25, -0.2) is 18.9 Å². The van der Waals surface area contributed by atoms with Crippen LogP contribution in [-0.2, 0) is 6.54 Å². The molecule has 3 aromatic rings. The van der Waals surface area contributed by atoms with Gasteiger partial charge in [-0.3, -0.25) is 4.79 Å². The number of ketones is 1. The molecule has 7 nitrogen and oxygen atoms in total. The van der Waals surface area contributed by atoms with Gasteiger partial charge in [0, 0.05) is 36.1 Å². The summed E-state index contributed by atoms with van der Waals surface area (Å²) in [7, 11) is 0. The van der Waals surface area contributed by atoms with Gasteiger partial charge < -0.3 is 4.90 Å². The average molecular weight is 386 g/mol. The fourth-order valence-corrected chi connectivity index (χ4v) is 3.53. The topological polar surface area (TPSA) is 72.5 Å². The van der Waals surface area contributed by atoms with E-state index in [1.807, 2.05) is 0 Å². The second kappa shape index (κ2) is 7.52. The summed E-state index contributed by atoms with van der Waals surface area (Å²) in [5, 5.41) is 4.98. The number of fused-ring (bicyclic) bond motifs is 1. The van der Waals surface area contributed by atoms with E-state index in [1.54, 1.807) is 36.7 Å². The molecule has 0 aliphatic carbocycles.